The largest absolute Gasteiger partial charge is 0.481 e. The zero-order valence-corrected chi connectivity index (χ0v) is 61.9. The van der Waals surface area contributed by atoms with Crippen molar-refractivity contribution < 1.29 is 82.4 Å². The number of unbranched alkanes of at least 4 members (excludes halogenated alkanes) is 1. The zero-order chi connectivity index (χ0) is 79.0. The van der Waals surface area contributed by atoms with Crippen molar-refractivity contribution in [2.24, 2.45) is 39.8 Å². The average molecular weight is 1520 g/mol. The predicted octanol–water partition coefficient (Wildman–Crippen LogP) is -3.05. The second-order valence-corrected chi connectivity index (χ2v) is 27.7. The molecule has 0 radical (unpaired) electrons. The maximum atomic E-state index is 14.5. The number of carboxylic acids is 2. The molecule has 0 spiro atoms. The molecule has 3 heterocycles. The lowest BCUT2D eigenvalue weighted by Crippen LogP contribution is -2.61. The lowest BCUT2D eigenvalue weighted by Gasteiger charge is -2.31. The molecular weight excluding hydrogens is 1410 g/mol. The van der Waals surface area contributed by atoms with Crippen molar-refractivity contribution in [3.63, 3.8) is 0 Å². The van der Waals surface area contributed by atoms with Gasteiger partial charge in [0.25, 0.3) is 0 Å². The van der Waals surface area contributed by atoms with Gasteiger partial charge in [-0.2, -0.15) is 11.8 Å². The maximum Gasteiger partial charge on any atom is 0.326 e. The molecule has 107 heavy (non-hydrogen) atoms. The molecule has 24 N–H and O–H groups in total. The topological polar surface area (TPSA) is 583 Å². The third-order valence-electron chi connectivity index (χ3n) is 18.0. The number of para-hydroxylation sites is 2. The number of rotatable bonds is 46. The third kappa shape index (κ3) is 27.5. The lowest BCUT2D eigenvalue weighted by molar-refractivity contribution is -0.146. The fourth-order valence-corrected chi connectivity index (χ4v) is 12.5. The van der Waals surface area contributed by atoms with E-state index < -0.39 is 181 Å². The molecule has 1 fully saturated rings. The summed E-state index contributed by atoms with van der Waals surface area (Å²) >= 11 is 1.38. The Balaban J connectivity index is 1.24. The molecule has 2 aromatic carbocycles. The summed E-state index contributed by atoms with van der Waals surface area (Å²) in [6.45, 7) is 6.26. The van der Waals surface area contributed by atoms with Crippen LogP contribution in [0.2, 0.25) is 0 Å². The minimum Gasteiger partial charge on any atom is -0.481 e. The number of aliphatic hydroxyl groups excluding tert-OH is 1. The minimum absolute atomic E-state index is 0.0137. The summed E-state index contributed by atoms with van der Waals surface area (Å²) in [5.74, 6) is -14.0. The average Bonchev–Trinajstić information content (AvgIpc) is 1.74. The van der Waals surface area contributed by atoms with E-state index in [2.05, 4.69) is 73.4 Å². The van der Waals surface area contributed by atoms with Crippen LogP contribution in [-0.4, -0.2) is 237 Å². The van der Waals surface area contributed by atoms with E-state index in [1.807, 2.05) is 24.3 Å². The summed E-state index contributed by atoms with van der Waals surface area (Å²) in [5.41, 5.74) is 24.8. The normalized spacial score (nSPS) is 15.8. The predicted molar refractivity (Wildman–Crippen MR) is 397 cm³/mol. The van der Waals surface area contributed by atoms with E-state index in [4.69, 9.17) is 22.9 Å². The molecule has 37 heteroatoms. The first-order valence-electron chi connectivity index (χ1n) is 35.6. The fourth-order valence-electron chi connectivity index (χ4n) is 12.0. The molecule has 1 saturated heterocycles. The molecule has 1 aliphatic rings. The number of aliphatic carboxylic acids is 2. The van der Waals surface area contributed by atoms with Gasteiger partial charge in [-0.25, -0.2) is 4.79 Å². The molecule has 0 aliphatic carbocycles. The van der Waals surface area contributed by atoms with Crippen molar-refractivity contribution in [3.8, 4) is 0 Å². The number of likely N-dealkylation sites (tertiary alicyclic amines) is 1. The molecule has 0 bridgehead atoms. The Labute approximate surface area is 623 Å². The Hall–Kier alpha value is -10.4. The number of thioether (sulfide) groups is 1. The molecule has 12 atom stereocenters. The number of nitrogens with zero attached hydrogens (tertiary/aromatic N) is 2. The van der Waals surface area contributed by atoms with Gasteiger partial charge in [0.1, 0.15) is 66.5 Å². The van der Waals surface area contributed by atoms with Gasteiger partial charge in [0.2, 0.25) is 70.9 Å². The Kier molecular flexibility index (Phi) is 35.8. The van der Waals surface area contributed by atoms with Gasteiger partial charge >= 0.3 is 11.9 Å². The van der Waals surface area contributed by atoms with Gasteiger partial charge in [-0.05, 0) is 118 Å². The number of aliphatic hydroxyl groups is 1. The number of amides is 12. The molecule has 0 saturated carbocycles. The first-order valence-corrected chi connectivity index (χ1v) is 37.0. The number of aromatic nitrogens is 2. The van der Waals surface area contributed by atoms with E-state index in [0.29, 0.717) is 47.0 Å². The van der Waals surface area contributed by atoms with Crippen LogP contribution in [0, 0.1) is 11.8 Å². The molecule has 588 valence electrons. The number of H-pyrrole nitrogens is 2. The van der Waals surface area contributed by atoms with Crippen LogP contribution in [0.15, 0.2) is 65.9 Å². The van der Waals surface area contributed by atoms with Gasteiger partial charge in [0, 0.05) is 60.1 Å². The second-order valence-electron chi connectivity index (χ2n) is 26.7. The van der Waals surface area contributed by atoms with Crippen molar-refractivity contribution in [2.75, 3.05) is 51.3 Å². The first kappa shape index (κ1) is 87.2. The van der Waals surface area contributed by atoms with Crippen molar-refractivity contribution >= 4 is 122 Å². The van der Waals surface area contributed by atoms with Gasteiger partial charge in [0.15, 0.2) is 5.96 Å². The smallest absolute Gasteiger partial charge is 0.326 e. The standard InChI is InChI=1S/C70H105N19O17S/c1-7-38(4)58(88-66(102)54-22-15-26-89(54)68(104)52(31-57(93)94)86-62(98)49(28-37(2)3)84-61(97)47(23-27-107-6)82-63(99)50(81-55(91)32-72)29-40-33-76-44-18-10-8-16-42(40)44)67(103)79-39(5)59(95)78-35-56(92)80-46(20-12-13-24-71)60(96)85-51(30-41-34-77-45-19-11-9-17-43(41)45)64(100)87-53(36-90)65(101)83-48(69(105)106)21-14-25-75-70(73)74/h8-11,16-19,33-34,37-39,46-54,58,76-77,90H,7,12-15,20-32,35-36,71-72H2,1-6H3,(H,78,95)(H,79,103)(H,80,92)(H,81,91)(H,82,99)(H,83,101)(H,84,97)(H,85,96)(H,86,98)(H,87,100)(H,88,102)(H,93,94)(H,105,106)(H4,73,74,75)/t38-,39-,46-,47-,48-,49-,50-,51-,52-,53-,54-,58-/m0/s1. The Morgan fingerprint density at radius 3 is 1.66 bits per heavy atom. The number of carboxylic acid groups (broad SMARTS) is 2. The van der Waals surface area contributed by atoms with Gasteiger partial charge < -0.3 is 112 Å². The molecular formula is C70H105N19O17S. The quantitative estimate of drug-likeness (QED) is 0.0119. The highest BCUT2D eigenvalue weighted by atomic mass is 32.2. The molecule has 12 amide bonds. The van der Waals surface area contributed by atoms with Crippen molar-refractivity contribution in [1.29, 1.82) is 0 Å². The number of hydrogen-bond donors (Lipinski definition) is 20. The summed E-state index contributed by atoms with van der Waals surface area (Å²) in [5, 5.41) is 59.8. The number of aromatic amines is 2. The number of fused-ring (bicyclic) bond motifs is 2. The van der Waals surface area contributed by atoms with E-state index in [-0.39, 0.29) is 89.3 Å². The van der Waals surface area contributed by atoms with Gasteiger partial charge in [-0.15, -0.1) is 0 Å². The summed E-state index contributed by atoms with van der Waals surface area (Å²) in [6, 6.07) is -1.18. The molecule has 2 aromatic heterocycles. The molecule has 5 rings (SSSR count). The summed E-state index contributed by atoms with van der Waals surface area (Å²) in [4.78, 5) is 203. The molecule has 36 nitrogen and oxygen atoms in total. The van der Waals surface area contributed by atoms with Crippen LogP contribution in [0.5, 0.6) is 0 Å². The van der Waals surface area contributed by atoms with E-state index in [1.165, 1.54) is 18.7 Å². The summed E-state index contributed by atoms with van der Waals surface area (Å²) in [7, 11) is 0. The van der Waals surface area contributed by atoms with Gasteiger partial charge in [-0.3, -0.25) is 67.3 Å². The van der Waals surface area contributed by atoms with Crippen molar-refractivity contribution in [3.05, 3.63) is 72.1 Å². The van der Waals surface area contributed by atoms with Crippen LogP contribution in [-0.2, 0) is 80.0 Å². The lowest BCUT2D eigenvalue weighted by atomic mass is 9.97. The number of carbonyl (C=O) groups excluding carboxylic acids is 12. The van der Waals surface area contributed by atoms with E-state index in [9.17, 15) is 82.4 Å². The highest BCUT2D eigenvalue weighted by Crippen LogP contribution is 2.24. The minimum atomic E-state index is -1.77. The van der Waals surface area contributed by atoms with Crippen LogP contribution in [0.1, 0.15) is 116 Å². The summed E-state index contributed by atoms with van der Waals surface area (Å²) < 4.78 is 0. The number of carbonyl (C=O) groups is 14. The highest BCUT2D eigenvalue weighted by Gasteiger charge is 2.42. The number of nitrogens with one attached hydrogen (secondary N) is 13. The van der Waals surface area contributed by atoms with Crippen molar-refractivity contribution in [1.82, 2.24) is 73.4 Å². The Bertz CT molecular complexity index is 3770. The van der Waals surface area contributed by atoms with Crippen molar-refractivity contribution in [2.45, 2.75) is 185 Å². The number of benzene rings is 2. The van der Waals surface area contributed by atoms with Crippen LogP contribution in [0.25, 0.3) is 21.8 Å². The van der Waals surface area contributed by atoms with E-state index in [1.54, 1.807) is 70.6 Å². The third-order valence-corrected chi connectivity index (χ3v) is 18.7. The Morgan fingerprint density at radius 1 is 0.598 bits per heavy atom. The number of aliphatic imine (C=N–C) groups is 1. The maximum absolute atomic E-state index is 14.5. The molecule has 0 unspecified atom stereocenters. The van der Waals surface area contributed by atoms with Crippen LogP contribution in [0.4, 0.5) is 0 Å². The van der Waals surface area contributed by atoms with E-state index >= 15 is 0 Å². The Morgan fingerprint density at radius 2 is 1.11 bits per heavy atom. The molecule has 1 aliphatic heterocycles. The second kappa shape index (κ2) is 43.9. The van der Waals surface area contributed by atoms with Gasteiger partial charge in [-0.1, -0.05) is 70.5 Å². The fraction of sp³-hybridized carbons (Fsp3) is 0.557. The number of nitrogens with two attached hydrogens (primary N) is 4. The zero-order valence-electron chi connectivity index (χ0n) is 61.1. The monoisotopic (exact) mass is 1520 g/mol. The van der Waals surface area contributed by atoms with Crippen LogP contribution >= 0.6 is 11.8 Å². The van der Waals surface area contributed by atoms with Gasteiger partial charge in [0.05, 0.1) is 26.1 Å². The van der Waals surface area contributed by atoms with Crippen LogP contribution in [0.3, 0.4) is 0 Å². The summed E-state index contributed by atoms with van der Waals surface area (Å²) in [6.07, 6.45) is 5.36. The van der Waals surface area contributed by atoms with Crippen LogP contribution < -0.4 is 81.4 Å². The highest BCUT2D eigenvalue weighted by molar-refractivity contribution is 7.98. The molecule has 4 aromatic rings. The first-order chi connectivity index (χ1) is 50.9. The number of hydrogen-bond acceptors (Lipinski definition) is 19. The SMILES string of the molecule is CC[C@H](C)[C@H](NC(=O)[C@@H]1CCCN1C(=O)[C@H](CC(=O)O)NC(=O)[C@H](CC(C)C)NC(=O)[C@H](CCSC)NC(=O)[C@H](Cc1c[nH]c2ccccc12)NC(=O)CN)C(=O)N[C@@H](C)C(=O)NCC(=O)N[C@@H](CCCCN)C(=O)N[C@@H](Cc1c[nH]c2ccccc12)C(=O)N[C@@H](CO)C(=O)N[C@@H](CCCN=C(N)N)C(=O)O. The number of guanidine groups is 1. The van der Waals surface area contributed by atoms with E-state index in [0.717, 1.165) is 15.8 Å².